The summed E-state index contributed by atoms with van der Waals surface area (Å²) in [7, 11) is 1.59. The van der Waals surface area contributed by atoms with E-state index in [1.165, 1.54) is 12.8 Å². The van der Waals surface area contributed by atoms with Gasteiger partial charge in [0, 0.05) is 43.5 Å². The largest absolute Gasteiger partial charge is 0.496 e. The fourth-order valence-electron chi connectivity index (χ4n) is 3.82. The van der Waals surface area contributed by atoms with Crippen LogP contribution in [0, 0.1) is 0 Å². The Morgan fingerprint density at radius 1 is 1.17 bits per heavy atom. The van der Waals surface area contributed by atoms with Crippen LogP contribution in [0.1, 0.15) is 18.4 Å². The van der Waals surface area contributed by atoms with Crippen LogP contribution in [0.5, 0.6) is 5.75 Å². The van der Waals surface area contributed by atoms with E-state index in [-0.39, 0.29) is 12.5 Å². The van der Waals surface area contributed by atoms with Crippen molar-refractivity contribution >= 4 is 40.6 Å². The summed E-state index contributed by atoms with van der Waals surface area (Å²) in [6.45, 7) is 3.71. The predicted molar refractivity (Wildman–Crippen MR) is 115 cm³/mol. The molecule has 3 aliphatic heterocycles. The first kappa shape index (κ1) is 20.7. The smallest absolute Gasteiger partial charge is 0.294 e. The average molecular weight is 432 g/mol. The summed E-state index contributed by atoms with van der Waals surface area (Å²) in [5.74, 6) is -0.0396. The number of benzene rings is 1. The molecule has 1 aromatic rings. The van der Waals surface area contributed by atoms with Crippen LogP contribution in [-0.2, 0) is 14.3 Å². The normalized spacial score (nSPS) is 21.1. The van der Waals surface area contributed by atoms with Crippen LogP contribution in [0.25, 0.3) is 6.08 Å². The Morgan fingerprint density at radius 3 is 2.60 bits per heavy atom. The highest BCUT2D eigenvalue weighted by molar-refractivity contribution is 8.18. The Labute approximate surface area is 179 Å². The molecule has 0 spiro atoms. The number of methoxy groups -OCH3 is 1. The van der Waals surface area contributed by atoms with Gasteiger partial charge in [-0.25, -0.2) is 0 Å². The number of ether oxygens (including phenoxy) is 2. The van der Waals surface area contributed by atoms with Gasteiger partial charge in [-0.15, -0.1) is 0 Å². The van der Waals surface area contributed by atoms with Crippen LogP contribution >= 0.6 is 11.8 Å². The van der Waals surface area contributed by atoms with E-state index in [0.717, 1.165) is 41.0 Å². The monoisotopic (exact) mass is 431 g/mol. The minimum atomic E-state index is -0.447. The third-order valence-corrected chi connectivity index (χ3v) is 6.41. The minimum Gasteiger partial charge on any atom is -0.496 e. The molecule has 3 saturated heterocycles. The molecule has 0 bridgehead atoms. The summed E-state index contributed by atoms with van der Waals surface area (Å²) in [6, 6.07) is 5.87. The molecule has 3 heterocycles. The molecule has 0 atom stereocenters. The molecule has 1 aromatic carbocycles. The SMILES string of the molecule is COc1cc(N2CCCC2)ccc1/C=C1/SC(=O)N(CC(=O)N2CCOCC2)C1=O. The van der Waals surface area contributed by atoms with Crippen molar-refractivity contribution in [3.05, 3.63) is 28.7 Å². The van der Waals surface area contributed by atoms with Crippen LogP contribution in [0.2, 0.25) is 0 Å². The molecular weight excluding hydrogens is 406 g/mol. The van der Waals surface area contributed by atoms with Gasteiger partial charge in [0.2, 0.25) is 5.91 Å². The van der Waals surface area contributed by atoms with E-state index in [0.29, 0.717) is 37.0 Å². The van der Waals surface area contributed by atoms with E-state index in [2.05, 4.69) is 4.90 Å². The second-order valence-corrected chi connectivity index (χ2v) is 8.37. The van der Waals surface area contributed by atoms with Crippen LogP contribution in [0.15, 0.2) is 23.1 Å². The fraction of sp³-hybridized carbons (Fsp3) is 0.476. The second kappa shape index (κ2) is 9.09. The zero-order valence-corrected chi connectivity index (χ0v) is 17.8. The summed E-state index contributed by atoms with van der Waals surface area (Å²) in [4.78, 5) is 42.8. The van der Waals surface area contributed by atoms with Crippen molar-refractivity contribution in [2.24, 2.45) is 0 Å². The van der Waals surface area contributed by atoms with Gasteiger partial charge >= 0.3 is 0 Å². The molecule has 0 N–H and O–H groups in total. The molecule has 8 nitrogen and oxygen atoms in total. The number of hydrogen-bond acceptors (Lipinski definition) is 7. The molecule has 0 radical (unpaired) electrons. The Bertz CT molecular complexity index is 875. The van der Waals surface area contributed by atoms with E-state index in [1.54, 1.807) is 18.1 Å². The van der Waals surface area contributed by atoms with Gasteiger partial charge in [-0.1, -0.05) is 0 Å². The van der Waals surface area contributed by atoms with Gasteiger partial charge in [0.1, 0.15) is 12.3 Å². The highest BCUT2D eigenvalue weighted by atomic mass is 32.2. The lowest BCUT2D eigenvalue weighted by molar-refractivity contribution is -0.139. The van der Waals surface area contributed by atoms with Crippen LogP contribution in [-0.4, -0.2) is 79.9 Å². The van der Waals surface area contributed by atoms with Gasteiger partial charge < -0.3 is 19.3 Å². The molecule has 160 valence electrons. The van der Waals surface area contributed by atoms with Crippen LogP contribution in [0.3, 0.4) is 0 Å². The Kier molecular flexibility index (Phi) is 6.29. The maximum absolute atomic E-state index is 12.8. The first-order chi connectivity index (χ1) is 14.6. The second-order valence-electron chi connectivity index (χ2n) is 7.38. The van der Waals surface area contributed by atoms with Crippen molar-refractivity contribution in [1.82, 2.24) is 9.80 Å². The van der Waals surface area contributed by atoms with E-state index >= 15 is 0 Å². The van der Waals surface area contributed by atoms with E-state index in [4.69, 9.17) is 9.47 Å². The predicted octanol–water partition coefficient (Wildman–Crippen LogP) is 2.19. The molecule has 3 fully saturated rings. The molecule has 9 heteroatoms. The number of carbonyl (C=O) groups is 3. The molecule has 0 aliphatic carbocycles. The summed E-state index contributed by atoms with van der Waals surface area (Å²) < 4.78 is 10.8. The van der Waals surface area contributed by atoms with Gasteiger partial charge in [0.15, 0.2) is 0 Å². The number of thioether (sulfide) groups is 1. The number of amides is 3. The number of hydrogen-bond donors (Lipinski definition) is 0. The van der Waals surface area contributed by atoms with Gasteiger partial charge in [0.25, 0.3) is 11.1 Å². The molecule has 0 unspecified atom stereocenters. The van der Waals surface area contributed by atoms with E-state index in [1.807, 2.05) is 18.2 Å². The first-order valence-corrected chi connectivity index (χ1v) is 10.9. The van der Waals surface area contributed by atoms with Crippen molar-refractivity contribution in [3.8, 4) is 5.75 Å². The zero-order valence-electron chi connectivity index (χ0n) is 17.0. The zero-order chi connectivity index (χ0) is 21.1. The number of rotatable bonds is 5. The van der Waals surface area contributed by atoms with Crippen LogP contribution in [0.4, 0.5) is 10.5 Å². The summed E-state index contributed by atoms with van der Waals surface area (Å²) in [6.07, 6.45) is 4.03. The van der Waals surface area contributed by atoms with E-state index in [9.17, 15) is 14.4 Å². The third-order valence-electron chi connectivity index (χ3n) is 5.51. The molecule has 3 amide bonds. The van der Waals surface area contributed by atoms with Crippen molar-refractivity contribution in [3.63, 3.8) is 0 Å². The quantitative estimate of drug-likeness (QED) is 0.661. The Morgan fingerprint density at radius 2 is 1.90 bits per heavy atom. The maximum Gasteiger partial charge on any atom is 0.294 e. The maximum atomic E-state index is 12.8. The van der Waals surface area contributed by atoms with Crippen LogP contribution < -0.4 is 9.64 Å². The lowest BCUT2D eigenvalue weighted by atomic mass is 10.1. The Hall–Kier alpha value is -2.52. The van der Waals surface area contributed by atoms with Crippen molar-refractivity contribution in [2.45, 2.75) is 12.8 Å². The molecule has 0 saturated carbocycles. The Balaban J connectivity index is 1.49. The minimum absolute atomic E-state index is 0.241. The number of imide groups is 1. The molecule has 30 heavy (non-hydrogen) atoms. The summed E-state index contributed by atoms with van der Waals surface area (Å²) >= 11 is 0.851. The molecule has 4 rings (SSSR count). The van der Waals surface area contributed by atoms with Crippen molar-refractivity contribution < 1.29 is 23.9 Å². The summed E-state index contributed by atoms with van der Waals surface area (Å²) in [5.41, 5.74) is 1.82. The number of morpholine rings is 1. The first-order valence-electron chi connectivity index (χ1n) is 10.1. The average Bonchev–Trinajstić information content (AvgIpc) is 3.39. The topological polar surface area (TPSA) is 79.4 Å². The fourth-order valence-corrected chi connectivity index (χ4v) is 4.65. The third kappa shape index (κ3) is 4.32. The van der Waals surface area contributed by atoms with Gasteiger partial charge in [-0.3, -0.25) is 19.3 Å². The number of nitrogens with zero attached hydrogens (tertiary/aromatic N) is 3. The molecular formula is C21H25N3O5S. The number of carbonyl (C=O) groups excluding carboxylic acids is 3. The standard InChI is InChI=1S/C21H25N3O5S/c1-28-17-13-16(22-6-2-3-7-22)5-4-15(17)12-18-20(26)24(21(27)30-18)14-19(25)23-8-10-29-11-9-23/h4-5,12-13H,2-3,6-11,14H2,1H3/b18-12+. The van der Waals surface area contributed by atoms with Gasteiger partial charge in [-0.2, -0.15) is 0 Å². The lowest BCUT2D eigenvalue weighted by Gasteiger charge is -2.28. The van der Waals surface area contributed by atoms with E-state index < -0.39 is 11.1 Å². The van der Waals surface area contributed by atoms with Gasteiger partial charge in [-0.05, 0) is 42.8 Å². The van der Waals surface area contributed by atoms with Crippen molar-refractivity contribution in [2.75, 3.05) is 57.9 Å². The highest BCUT2D eigenvalue weighted by Crippen LogP contribution is 2.35. The summed E-state index contributed by atoms with van der Waals surface area (Å²) in [5, 5.41) is -0.430. The van der Waals surface area contributed by atoms with Gasteiger partial charge in [0.05, 0.1) is 25.2 Å². The highest BCUT2D eigenvalue weighted by Gasteiger charge is 2.37. The lowest BCUT2D eigenvalue weighted by Crippen LogP contribution is -2.46. The number of anilines is 1. The molecule has 0 aromatic heterocycles. The van der Waals surface area contributed by atoms with Crippen molar-refractivity contribution in [1.29, 1.82) is 0 Å². The molecule has 3 aliphatic rings.